The molecular formula is C9H10BrClN2. The van der Waals surface area contributed by atoms with E-state index in [0.29, 0.717) is 5.02 Å². The van der Waals surface area contributed by atoms with Gasteiger partial charge in [-0.3, -0.25) is 0 Å². The highest BCUT2D eigenvalue weighted by Gasteiger charge is 2.21. The van der Waals surface area contributed by atoms with Crippen molar-refractivity contribution in [2.45, 2.75) is 12.8 Å². The molecular weight excluding hydrogens is 251 g/mol. The highest BCUT2D eigenvalue weighted by atomic mass is 79.9. The lowest BCUT2D eigenvalue weighted by Gasteiger charge is -2.06. The van der Waals surface area contributed by atoms with E-state index in [1.165, 1.54) is 12.8 Å². The van der Waals surface area contributed by atoms with Gasteiger partial charge in [0.2, 0.25) is 0 Å². The van der Waals surface area contributed by atoms with Gasteiger partial charge in [-0.05, 0) is 40.8 Å². The van der Waals surface area contributed by atoms with E-state index in [9.17, 15) is 0 Å². The smallest absolute Gasteiger partial charge is 0.140 e. The Labute approximate surface area is 90.8 Å². The number of halogens is 2. The average Bonchev–Trinajstić information content (AvgIpc) is 2.86. The molecule has 0 spiro atoms. The lowest BCUT2D eigenvalue weighted by Crippen LogP contribution is -2.05. The number of hydrogen-bond acceptors (Lipinski definition) is 2. The van der Waals surface area contributed by atoms with Gasteiger partial charge in [0.15, 0.2) is 0 Å². The third kappa shape index (κ3) is 2.58. The molecule has 1 aliphatic rings. The molecule has 1 heterocycles. The maximum Gasteiger partial charge on any atom is 0.140 e. The maximum atomic E-state index is 5.77. The summed E-state index contributed by atoms with van der Waals surface area (Å²) >= 11 is 9.18. The van der Waals surface area contributed by atoms with Gasteiger partial charge in [0.25, 0.3) is 0 Å². The highest BCUT2D eigenvalue weighted by Crippen LogP contribution is 2.30. The van der Waals surface area contributed by atoms with E-state index in [1.54, 1.807) is 6.20 Å². The number of pyridine rings is 1. The Morgan fingerprint density at radius 2 is 2.38 bits per heavy atom. The van der Waals surface area contributed by atoms with Crippen LogP contribution in [0.3, 0.4) is 0 Å². The van der Waals surface area contributed by atoms with Gasteiger partial charge < -0.3 is 5.32 Å². The Hall–Kier alpha value is -0.280. The quantitative estimate of drug-likeness (QED) is 0.903. The Morgan fingerprint density at radius 1 is 1.62 bits per heavy atom. The molecule has 0 unspecified atom stereocenters. The predicted octanol–water partition coefficient (Wildman–Crippen LogP) is 3.32. The summed E-state index contributed by atoms with van der Waals surface area (Å²) in [5.74, 6) is 1.74. The van der Waals surface area contributed by atoms with Gasteiger partial charge in [0, 0.05) is 12.7 Å². The van der Waals surface area contributed by atoms with Gasteiger partial charge in [-0.25, -0.2) is 4.98 Å². The summed E-state index contributed by atoms with van der Waals surface area (Å²) in [4.78, 5) is 4.19. The second-order valence-corrected chi connectivity index (χ2v) is 4.60. The Morgan fingerprint density at radius 3 is 3.00 bits per heavy atom. The fourth-order valence-corrected chi connectivity index (χ4v) is 1.89. The molecule has 2 rings (SSSR count). The molecule has 0 atom stereocenters. The molecule has 1 aliphatic carbocycles. The molecule has 1 aromatic rings. The molecule has 0 aliphatic heterocycles. The number of anilines is 1. The Balaban J connectivity index is 2.01. The third-order valence-electron chi connectivity index (χ3n) is 2.06. The van der Waals surface area contributed by atoms with Crippen molar-refractivity contribution in [3.63, 3.8) is 0 Å². The second-order valence-electron chi connectivity index (χ2n) is 3.31. The van der Waals surface area contributed by atoms with Crippen LogP contribution in [0.25, 0.3) is 0 Å². The van der Waals surface area contributed by atoms with Crippen molar-refractivity contribution >= 4 is 33.3 Å². The molecule has 1 aromatic heterocycles. The molecule has 2 nitrogen and oxygen atoms in total. The van der Waals surface area contributed by atoms with Crippen molar-refractivity contribution in [1.29, 1.82) is 0 Å². The van der Waals surface area contributed by atoms with Crippen LogP contribution in [0.1, 0.15) is 12.8 Å². The average molecular weight is 262 g/mol. The monoisotopic (exact) mass is 260 g/mol. The van der Waals surface area contributed by atoms with E-state index >= 15 is 0 Å². The van der Waals surface area contributed by atoms with Crippen LogP contribution < -0.4 is 5.32 Å². The summed E-state index contributed by atoms with van der Waals surface area (Å²) in [7, 11) is 0. The normalized spacial score (nSPS) is 15.8. The second kappa shape index (κ2) is 3.84. The molecule has 0 amide bonds. The van der Waals surface area contributed by atoms with Crippen molar-refractivity contribution in [2.75, 3.05) is 11.9 Å². The van der Waals surface area contributed by atoms with Crippen LogP contribution in [-0.4, -0.2) is 11.5 Å². The topological polar surface area (TPSA) is 24.9 Å². The first-order chi connectivity index (χ1) is 6.25. The number of aromatic nitrogens is 1. The predicted molar refractivity (Wildman–Crippen MR) is 58.2 cm³/mol. The summed E-state index contributed by atoms with van der Waals surface area (Å²) in [5, 5.41) is 3.94. The van der Waals surface area contributed by atoms with Crippen LogP contribution in [0, 0.1) is 5.92 Å². The third-order valence-corrected chi connectivity index (χ3v) is 2.87. The van der Waals surface area contributed by atoms with E-state index in [1.807, 2.05) is 6.07 Å². The number of hydrogen-bond donors (Lipinski definition) is 1. The SMILES string of the molecule is Clc1cnc(NCC2CC2)c(Br)c1. The van der Waals surface area contributed by atoms with Gasteiger partial charge >= 0.3 is 0 Å². The summed E-state index contributed by atoms with van der Waals surface area (Å²) < 4.78 is 0.931. The van der Waals surface area contributed by atoms with E-state index in [0.717, 1.165) is 22.8 Å². The molecule has 1 N–H and O–H groups in total. The van der Waals surface area contributed by atoms with Crippen molar-refractivity contribution in [2.24, 2.45) is 5.92 Å². The van der Waals surface area contributed by atoms with E-state index in [2.05, 4.69) is 26.2 Å². The zero-order valence-corrected chi connectivity index (χ0v) is 9.40. The first-order valence-corrected chi connectivity index (χ1v) is 5.48. The minimum Gasteiger partial charge on any atom is -0.369 e. The van der Waals surface area contributed by atoms with Gasteiger partial charge in [0.1, 0.15) is 5.82 Å². The first-order valence-electron chi connectivity index (χ1n) is 4.30. The molecule has 0 radical (unpaired) electrons. The first kappa shape index (κ1) is 9.28. The summed E-state index contributed by atoms with van der Waals surface area (Å²) in [6, 6.07) is 1.85. The summed E-state index contributed by atoms with van der Waals surface area (Å²) in [5.41, 5.74) is 0. The zero-order chi connectivity index (χ0) is 9.26. The van der Waals surface area contributed by atoms with Crippen LogP contribution >= 0.6 is 27.5 Å². The fourth-order valence-electron chi connectivity index (χ4n) is 1.11. The van der Waals surface area contributed by atoms with Gasteiger partial charge in [0.05, 0.1) is 9.50 Å². The Kier molecular flexibility index (Phi) is 2.74. The van der Waals surface area contributed by atoms with Crippen LogP contribution in [0.4, 0.5) is 5.82 Å². The van der Waals surface area contributed by atoms with Gasteiger partial charge in [-0.2, -0.15) is 0 Å². The molecule has 70 valence electrons. The largest absolute Gasteiger partial charge is 0.369 e. The Bertz CT molecular complexity index is 312. The molecule has 13 heavy (non-hydrogen) atoms. The van der Waals surface area contributed by atoms with Crippen molar-refractivity contribution in [3.05, 3.63) is 21.8 Å². The lowest BCUT2D eigenvalue weighted by molar-refractivity contribution is 0.882. The van der Waals surface area contributed by atoms with Crippen LogP contribution in [-0.2, 0) is 0 Å². The van der Waals surface area contributed by atoms with Crippen LogP contribution in [0.15, 0.2) is 16.7 Å². The standard InChI is InChI=1S/C9H10BrClN2/c10-8-3-7(11)5-13-9(8)12-4-6-1-2-6/h3,5-6H,1-2,4H2,(H,12,13). The molecule has 1 saturated carbocycles. The lowest BCUT2D eigenvalue weighted by atomic mass is 10.4. The van der Waals surface area contributed by atoms with Crippen molar-refractivity contribution < 1.29 is 0 Å². The van der Waals surface area contributed by atoms with E-state index in [4.69, 9.17) is 11.6 Å². The number of nitrogens with zero attached hydrogens (tertiary/aromatic N) is 1. The number of nitrogens with one attached hydrogen (secondary N) is 1. The minimum absolute atomic E-state index is 0.656. The molecule has 0 saturated heterocycles. The molecule has 1 fully saturated rings. The highest BCUT2D eigenvalue weighted by molar-refractivity contribution is 9.10. The van der Waals surface area contributed by atoms with Gasteiger partial charge in [-0.1, -0.05) is 11.6 Å². The van der Waals surface area contributed by atoms with Crippen LogP contribution in [0.2, 0.25) is 5.02 Å². The van der Waals surface area contributed by atoms with Crippen molar-refractivity contribution in [3.8, 4) is 0 Å². The minimum atomic E-state index is 0.656. The molecule has 0 aromatic carbocycles. The molecule has 4 heteroatoms. The summed E-state index contributed by atoms with van der Waals surface area (Å²) in [6.45, 7) is 1.02. The molecule has 0 bridgehead atoms. The van der Waals surface area contributed by atoms with Crippen molar-refractivity contribution in [1.82, 2.24) is 4.98 Å². The van der Waals surface area contributed by atoms with Gasteiger partial charge in [-0.15, -0.1) is 0 Å². The number of rotatable bonds is 3. The maximum absolute atomic E-state index is 5.77. The fraction of sp³-hybridized carbons (Fsp3) is 0.444. The van der Waals surface area contributed by atoms with E-state index in [-0.39, 0.29) is 0 Å². The summed E-state index contributed by atoms with van der Waals surface area (Å²) in [6.07, 6.45) is 4.35. The zero-order valence-electron chi connectivity index (χ0n) is 7.06. The van der Waals surface area contributed by atoms with Crippen LogP contribution in [0.5, 0.6) is 0 Å². The van der Waals surface area contributed by atoms with E-state index < -0.39 is 0 Å².